The van der Waals surface area contributed by atoms with Crippen molar-refractivity contribution in [3.8, 4) is 5.69 Å². The Kier molecular flexibility index (Phi) is 6.40. The van der Waals surface area contributed by atoms with Gasteiger partial charge in [0.05, 0.1) is 23.8 Å². The molecule has 0 radical (unpaired) electrons. The van der Waals surface area contributed by atoms with E-state index in [2.05, 4.69) is 15.4 Å². The Bertz CT molecular complexity index is 1030. The first-order valence-electron chi connectivity index (χ1n) is 10.7. The quantitative estimate of drug-likeness (QED) is 0.661. The zero-order valence-electron chi connectivity index (χ0n) is 17.7. The van der Waals surface area contributed by atoms with Crippen LogP contribution in [0.4, 0.5) is 5.69 Å². The minimum atomic E-state index is -0.139. The lowest BCUT2D eigenvalue weighted by atomic mass is 9.96. The third-order valence-electron chi connectivity index (χ3n) is 5.63. The van der Waals surface area contributed by atoms with Crippen molar-refractivity contribution in [2.24, 2.45) is 0 Å². The first-order chi connectivity index (χ1) is 15.1. The first-order valence-corrected chi connectivity index (χ1v) is 10.7. The zero-order chi connectivity index (χ0) is 21.6. The number of amides is 2. The predicted octanol–water partition coefficient (Wildman–Crippen LogP) is 3.85. The van der Waals surface area contributed by atoms with Crippen molar-refractivity contribution in [3.63, 3.8) is 0 Å². The number of carbonyl (C=O) groups is 2. The van der Waals surface area contributed by atoms with Crippen molar-refractivity contribution in [2.75, 3.05) is 11.9 Å². The number of anilines is 1. The van der Waals surface area contributed by atoms with Crippen LogP contribution in [-0.4, -0.2) is 44.1 Å². The Balaban J connectivity index is 1.43. The highest BCUT2D eigenvalue weighted by molar-refractivity contribution is 5.94. The van der Waals surface area contributed by atoms with Gasteiger partial charge in [0.25, 0.3) is 5.91 Å². The molecule has 1 aromatic carbocycles. The van der Waals surface area contributed by atoms with Crippen molar-refractivity contribution in [1.29, 1.82) is 0 Å². The maximum absolute atomic E-state index is 13.2. The molecule has 7 heteroatoms. The van der Waals surface area contributed by atoms with Gasteiger partial charge >= 0.3 is 0 Å². The van der Waals surface area contributed by atoms with Gasteiger partial charge in [-0.15, -0.1) is 0 Å². The Morgan fingerprint density at radius 2 is 1.97 bits per heavy atom. The average molecular weight is 418 g/mol. The molecule has 0 aliphatic carbocycles. The summed E-state index contributed by atoms with van der Waals surface area (Å²) in [6, 6.07) is 13.7. The van der Waals surface area contributed by atoms with Crippen LogP contribution in [0.3, 0.4) is 0 Å². The Labute approximate surface area is 182 Å². The minimum absolute atomic E-state index is 0.0803. The number of nitrogens with one attached hydrogen (secondary N) is 1. The molecule has 4 rings (SSSR count). The summed E-state index contributed by atoms with van der Waals surface area (Å²) in [4.78, 5) is 30.9. The van der Waals surface area contributed by atoms with E-state index in [0.717, 1.165) is 50.0 Å². The summed E-state index contributed by atoms with van der Waals surface area (Å²) in [6.07, 6.45) is 10.2. The Hall–Kier alpha value is -3.48. The van der Waals surface area contributed by atoms with Crippen LogP contribution in [0, 0.1) is 0 Å². The summed E-state index contributed by atoms with van der Waals surface area (Å²) < 4.78 is 1.68. The van der Waals surface area contributed by atoms with E-state index in [4.69, 9.17) is 0 Å². The molecule has 1 atom stereocenters. The Morgan fingerprint density at radius 3 is 2.71 bits per heavy atom. The first kappa shape index (κ1) is 20.8. The molecule has 0 bridgehead atoms. The van der Waals surface area contributed by atoms with Crippen LogP contribution >= 0.6 is 0 Å². The second-order valence-electron chi connectivity index (χ2n) is 7.91. The summed E-state index contributed by atoms with van der Waals surface area (Å²) in [5, 5.41) is 6.98. The van der Waals surface area contributed by atoms with Gasteiger partial charge in [-0.25, -0.2) is 4.68 Å². The summed E-state index contributed by atoms with van der Waals surface area (Å²) in [6.45, 7) is 2.26. The van der Waals surface area contributed by atoms with E-state index in [1.165, 1.54) is 6.92 Å². The van der Waals surface area contributed by atoms with Gasteiger partial charge in [-0.1, -0.05) is 6.07 Å². The molecule has 3 aromatic rings. The van der Waals surface area contributed by atoms with Crippen molar-refractivity contribution < 1.29 is 9.59 Å². The topological polar surface area (TPSA) is 80.1 Å². The van der Waals surface area contributed by atoms with Crippen LogP contribution in [0.5, 0.6) is 0 Å². The fraction of sp³-hybridized carbons (Fsp3) is 0.333. The van der Waals surface area contributed by atoms with Crippen LogP contribution in [0.25, 0.3) is 5.69 Å². The summed E-state index contributed by atoms with van der Waals surface area (Å²) >= 11 is 0. The molecule has 0 spiro atoms. The molecule has 1 aliphatic heterocycles. The van der Waals surface area contributed by atoms with Crippen molar-refractivity contribution in [2.45, 2.75) is 45.1 Å². The number of piperidine rings is 1. The van der Waals surface area contributed by atoms with E-state index < -0.39 is 0 Å². The van der Waals surface area contributed by atoms with Gasteiger partial charge in [-0.3, -0.25) is 14.6 Å². The van der Waals surface area contributed by atoms with Gasteiger partial charge in [0, 0.05) is 37.0 Å². The lowest BCUT2D eigenvalue weighted by Gasteiger charge is -2.36. The predicted molar refractivity (Wildman–Crippen MR) is 119 cm³/mol. The largest absolute Gasteiger partial charge is 0.336 e. The molecule has 1 aliphatic rings. The summed E-state index contributed by atoms with van der Waals surface area (Å²) in [7, 11) is 0. The SMILES string of the molecule is CC(=O)Nc1cnn(-c2ccc(C(=O)N3CCCCC3CCc3ccccn3)cc2)c1. The second-order valence-corrected chi connectivity index (χ2v) is 7.91. The van der Waals surface area contributed by atoms with Gasteiger partial charge in [0.1, 0.15) is 0 Å². The van der Waals surface area contributed by atoms with E-state index in [1.54, 1.807) is 17.1 Å². The molecule has 160 valence electrons. The van der Waals surface area contributed by atoms with Crippen LogP contribution in [-0.2, 0) is 11.2 Å². The number of hydrogen-bond donors (Lipinski definition) is 1. The summed E-state index contributed by atoms with van der Waals surface area (Å²) in [5.41, 5.74) is 3.22. The standard InChI is InChI=1S/C24H27N5O2/c1-18(30)27-21-16-26-29(17-21)23-11-8-19(9-12-23)24(31)28-15-5-3-7-22(28)13-10-20-6-2-4-14-25-20/h2,4,6,8-9,11-12,14,16-17,22H,3,5,7,10,13,15H2,1H3,(H,27,30). The van der Waals surface area contributed by atoms with E-state index in [0.29, 0.717) is 11.3 Å². The Morgan fingerprint density at radius 1 is 1.13 bits per heavy atom. The van der Waals surface area contributed by atoms with Gasteiger partial charge in [-0.2, -0.15) is 5.10 Å². The minimum Gasteiger partial charge on any atom is -0.336 e. The molecule has 1 saturated heterocycles. The third-order valence-corrected chi connectivity index (χ3v) is 5.63. The number of nitrogens with zero attached hydrogens (tertiary/aromatic N) is 4. The molecular weight excluding hydrogens is 390 g/mol. The fourth-order valence-electron chi connectivity index (χ4n) is 4.08. The number of pyridine rings is 1. The van der Waals surface area contributed by atoms with Crippen LogP contribution in [0.1, 0.15) is 48.7 Å². The molecule has 7 nitrogen and oxygen atoms in total. The smallest absolute Gasteiger partial charge is 0.254 e. The molecule has 31 heavy (non-hydrogen) atoms. The summed E-state index contributed by atoms with van der Waals surface area (Å²) in [5.74, 6) is -0.0590. The van der Waals surface area contributed by atoms with Gasteiger partial charge in [-0.05, 0) is 68.5 Å². The number of likely N-dealkylation sites (tertiary alicyclic amines) is 1. The van der Waals surface area contributed by atoms with Crippen LogP contribution in [0.2, 0.25) is 0 Å². The highest BCUT2D eigenvalue weighted by Gasteiger charge is 2.27. The van der Waals surface area contributed by atoms with E-state index in [9.17, 15) is 9.59 Å². The van der Waals surface area contributed by atoms with E-state index in [1.807, 2.05) is 53.6 Å². The third kappa shape index (κ3) is 5.17. The lowest BCUT2D eigenvalue weighted by Crippen LogP contribution is -2.44. The zero-order valence-corrected chi connectivity index (χ0v) is 17.7. The van der Waals surface area contributed by atoms with Gasteiger partial charge < -0.3 is 10.2 Å². The van der Waals surface area contributed by atoms with E-state index >= 15 is 0 Å². The van der Waals surface area contributed by atoms with Crippen LogP contribution in [0.15, 0.2) is 61.1 Å². The molecule has 0 saturated carbocycles. The second kappa shape index (κ2) is 9.55. The van der Waals surface area contributed by atoms with E-state index in [-0.39, 0.29) is 17.9 Å². The maximum Gasteiger partial charge on any atom is 0.254 e. The number of benzene rings is 1. The highest BCUT2D eigenvalue weighted by atomic mass is 16.2. The highest BCUT2D eigenvalue weighted by Crippen LogP contribution is 2.24. The molecule has 2 aromatic heterocycles. The molecule has 1 unspecified atom stereocenters. The molecule has 3 heterocycles. The number of rotatable bonds is 6. The van der Waals surface area contributed by atoms with Crippen molar-refractivity contribution >= 4 is 17.5 Å². The van der Waals surface area contributed by atoms with Gasteiger partial charge in [0.15, 0.2) is 0 Å². The normalized spacial score (nSPS) is 16.2. The number of hydrogen-bond acceptors (Lipinski definition) is 4. The average Bonchev–Trinajstić information content (AvgIpc) is 3.26. The monoisotopic (exact) mass is 417 g/mol. The van der Waals surface area contributed by atoms with Crippen LogP contribution < -0.4 is 5.32 Å². The van der Waals surface area contributed by atoms with Gasteiger partial charge in [0.2, 0.25) is 5.91 Å². The number of carbonyl (C=O) groups excluding carboxylic acids is 2. The van der Waals surface area contributed by atoms with Crippen molar-refractivity contribution in [3.05, 3.63) is 72.3 Å². The lowest BCUT2D eigenvalue weighted by molar-refractivity contribution is -0.114. The fourth-order valence-corrected chi connectivity index (χ4v) is 4.08. The molecular formula is C24H27N5O2. The number of aromatic nitrogens is 3. The maximum atomic E-state index is 13.2. The molecule has 2 amide bonds. The number of aryl methyl sites for hydroxylation is 1. The van der Waals surface area contributed by atoms with Crippen molar-refractivity contribution in [1.82, 2.24) is 19.7 Å². The molecule has 1 fully saturated rings. The molecule has 1 N–H and O–H groups in total.